The van der Waals surface area contributed by atoms with E-state index in [-0.39, 0.29) is 35.0 Å². The number of unbranched alkanes of at least 4 members (excludes halogenated alkanes) is 1. The van der Waals surface area contributed by atoms with Crippen molar-refractivity contribution in [2.45, 2.75) is 26.7 Å². The second-order valence-corrected chi connectivity index (χ2v) is 7.79. The van der Waals surface area contributed by atoms with Crippen LogP contribution >= 0.6 is 0 Å². The van der Waals surface area contributed by atoms with E-state index in [2.05, 4.69) is 5.16 Å². The van der Waals surface area contributed by atoms with Gasteiger partial charge in [0.25, 0.3) is 23.6 Å². The molecule has 1 fully saturated rings. The fraction of sp³-hybridized carbons (Fsp3) is 0.409. The van der Waals surface area contributed by atoms with E-state index < -0.39 is 0 Å². The highest BCUT2D eigenvalue weighted by molar-refractivity contribution is 6.22. The van der Waals surface area contributed by atoms with Gasteiger partial charge in [-0.2, -0.15) is 0 Å². The average molecular weight is 424 g/mol. The normalized spacial score (nSPS) is 16.1. The molecule has 2 aliphatic heterocycles. The quantitative estimate of drug-likeness (QED) is 0.680. The van der Waals surface area contributed by atoms with Crippen molar-refractivity contribution in [1.29, 1.82) is 0 Å². The molecule has 0 aliphatic carbocycles. The lowest BCUT2D eigenvalue weighted by Gasteiger charge is -2.34. The van der Waals surface area contributed by atoms with Gasteiger partial charge in [-0.3, -0.25) is 24.1 Å². The molecule has 0 unspecified atom stereocenters. The van der Waals surface area contributed by atoms with E-state index in [0.717, 1.165) is 12.8 Å². The van der Waals surface area contributed by atoms with Gasteiger partial charge in [0.05, 0.1) is 16.8 Å². The molecule has 4 rings (SSSR count). The van der Waals surface area contributed by atoms with Crippen molar-refractivity contribution in [3.63, 3.8) is 0 Å². The number of carbonyl (C=O) groups is 4. The summed E-state index contributed by atoms with van der Waals surface area (Å²) in [5.74, 6) is -0.936. The van der Waals surface area contributed by atoms with Gasteiger partial charge in [-0.05, 0) is 31.5 Å². The first-order valence-corrected chi connectivity index (χ1v) is 10.4. The van der Waals surface area contributed by atoms with E-state index >= 15 is 0 Å². The Bertz CT molecular complexity index is 1050. The Labute approximate surface area is 179 Å². The van der Waals surface area contributed by atoms with Crippen LogP contribution in [0.4, 0.5) is 0 Å². The highest BCUT2D eigenvalue weighted by Crippen LogP contribution is 2.25. The molecule has 0 radical (unpaired) electrons. The van der Waals surface area contributed by atoms with Crippen molar-refractivity contribution < 1.29 is 23.7 Å². The van der Waals surface area contributed by atoms with Gasteiger partial charge in [0.2, 0.25) is 5.76 Å². The summed E-state index contributed by atoms with van der Waals surface area (Å²) >= 11 is 0. The lowest BCUT2D eigenvalue weighted by atomic mass is 10.0. The van der Waals surface area contributed by atoms with Crippen LogP contribution in [0.3, 0.4) is 0 Å². The molecule has 0 spiro atoms. The van der Waals surface area contributed by atoms with Crippen molar-refractivity contribution >= 4 is 23.6 Å². The number of imide groups is 1. The van der Waals surface area contributed by atoms with E-state index in [1.54, 1.807) is 34.9 Å². The molecular formula is C22H24N4O5. The minimum absolute atomic E-state index is 0.187. The monoisotopic (exact) mass is 424 g/mol. The highest BCUT2D eigenvalue weighted by Gasteiger charge is 2.36. The molecule has 3 heterocycles. The van der Waals surface area contributed by atoms with Gasteiger partial charge < -0.3 is 14.3 Å². The zero-order valence-corrected chi connectivity index (χ0v) is 17.6. The first-order valence-electron chi connectivity index (χ1n) is 10.4. The topological polar surface area (TPSA) is 104 Å². The van der Waals surface area contributed by atoms with Crippen molar-refractivity contribution in [1.82, 2.24) is 19.9 Å². The molecule has 31 heavy (non-hydrogen) atoms. The predicted octanol–water partition coefficient (Wildman–Crippen LogP) is 1.98. The second kappa shape index (κ2) is 8.33. The number of rotatable bonds is 5. The zero-order chi connectivity index (χ0) is 22.1. The number of carbonyl (C=O) groups excluding carboxylic acids is 4. The van der Waals surface area contributed by atoms with Gasteiger partial charge >= 0.3 is 0 Å². The largest absolute Gasteiger partial charge is 0.351 e. The number of hydrogen-bond donors (Lipinski definition) is 0. The van der Waals surface area contributed by atoms with Crippen molar-refractivity contribution in [3.8, 4) is 0 Å². The van der Waals surface area contributed by atoms with Crippen LogP contribution in [0.2, 0.25) is 0 Å². The summed E-state index contributed by atoms with van der Waals surface area (Å²) in [6, 6.07) is 6.25. The molecule has 1 aromatic heterocycles. The summed E-state index contributed by atoms with van der Waals surface area (Å²) in [5.41, 5.74) is 1.62. The molecule has 0 saturated carbocycles. The Hall–Kier alpha value is -3.49. The lowest BCUT2D eigenvalue weighted by Crippen LogP contribution is -2.50. The summed E-state index contributed by atoms with van der Waals surface area (Å²) < 4.78 is 5.03. The Morgan fingerprint density at radius 2 is 1.61 bits per heavy atom. The maximum absolute atomic E-state index is 13.0. The summed E-state index contributed by atoms with van der Waals surface area (Å²) in [6.07, 6.45) is 1.62. The first kappa shape index (κ1) is 20.8. The molecule has 9 heteroatoms. The number of amides is 4. The van der Waals surface area contributed by atoms with E-state index in [1.165, 1.54) is 11.0 Å². The minimum Gasteiger partial charge on any atom is -0.351 e. The third-order valence-corrected chi connectivity index (χ3v) is 5.65. The Balaban J connectivity index is 1.42. The Kier molecular flexibility index (Phi) is 5.58. The molecule has 0 atom stereocenters. The van der Waals surface area contributed by atoms with Crippen molar-refractivity contribution in [3.05, 3.63) is 52.4 Å². The van der Waals surface area contributed by atoms with Crippen LogP contribution in [0.5, 0.6) is 0 Å². The smallest absolute Gasteiger partial charge is 0.292 e. The van der Waals surface area contributed by atoms with Crippen molar-refractivity contribution in [2.24, 2.45) is 0 Å². The molecule has 162 valence electrons. The number of piperazine rings is 1. The molecule has 2 aromatic rings. The van der Waals surface area contributed by atoms with Crippen LogP contribution < -0.4 is 0 Å². The van der Waals surface area contributed by atoms with Crippen molar-refractivity contribution in [2.75, 3.05) is 32.7 Å². The highest BCUT2D eigenvalue weighted by atomic mass is 16.5. The lowest BCUT2D eigenvalue weighted by molar-refractivity contribution is 0.0512. The number of aryl methyl sites for hydroxylation is 1. The molecule has 2 aliphatic rings. The molecule has 0 bridgehead atoms. The standard InChI is InChI=1S/C22H24N4O5/c1-3-4-7-26-20(28)16-6-5-15(13-17(16)21(26)29)19(27)24-8-10-25(11-9-24)22(30)18-12-14(2)23-31-18/h5-6,12-13H,3-4,7-11H2,1-2H3. The van der Waals surface area contributed by atoms with Gasteiger partial charge in [0.15, 0.2) is 0 Å². The molecule has 9 nitrogen and oxygen atoms in total. The van der Waals surface area contributed by atoms with Gasteiger partial charge in [-0.1, -0.05) is 18.5 Å². The predicted molar refractivity (Wildman–Crippen MR) is 110 cm³/mol. The number of aromatic nitrogens is 1. The Morgan fingerprint density at radius 3 is 2.23 bits per heavy atom. The summed E-state index contributed by atoms with van der Waals surface area (Å²) in [7, 11) is 0. The summed E-state index contributed by atoms with van der Waals surface area (Å²) in [5, 5.41) is 3.74. The fourth-order valence-electron chi connectivity index (χ4n) is 3.86. The number of hydrogen-bond acceptors (Lipinski definition) is 6. The average Bonchev–Trinajstić information content (AvgIpc) is 3.32. The fourth-order valence-corrected chi connectivity index (χ4v) is 3.86. The van der Waals surface area contributed by atoms with Crippen LogP contribution in [0.1, 0.15) is 67.1 Å². The van der Waals surface area contributed by atoms with Crippen LogP contribution in [0.15, 0.2) is 28.8 Å². The number of fused-ring (bicyclic) bond motifs is 1. The molecular weight excluding hydrogens is 400 g/mol. The second-order valence-electron chi connectivity index (χ2n) is 7.79. The molecule has 1 saturated heterocycles. The van der Waals surface area contributed by atoms with Crippen LogP contribution in [0.25, 0.3) is 0 Å². The number of benzene rings is 1. The molecule has 4 amide bonds. The van der Waals surface area contributed by atoms with Crippen LogP contribution in [-0.2, 0) is 0 Å². The van der Waals surface area contributed by atoms with E-state index in [4.69, 9.17) is 4.52 Å². The van der Waals surface area contributed by atoms with Gasteiger partial charge in [-0.25, -0.2) is 0 Å². The zero-order valence-electron chi connectivity index (χ0n) is 17.6. The van der Waals surface area contributed by atoms with Crippen LogP contribution in [0, 0.1) is 6.92 Å². The van der Waals surface area contributed by atoms with E-state index in [1.807, 2.05) is 6.92 Å². The number of nitrogens with zero attached hydrogens (tertiary/aromatic N) is 4. The van der Waals surface area contributed by atoms with Gasteiger partial charge in [-0.15, -0.1) is 0 Å². The molecule has 0 N–H and O–H groups in total. The molecule has 1 aromatic carbocycles. The maximum Gasteiger partial charge on any atom is 0.292 e. The van der Waals surface area contributed by atoms with Gasteiger partial charge in [0, 0.05) is 44.4 Å². The third kappa shape index (κ3) is 3.83. The van der Waals surface area contributed by atoms with Crippen LogP contribution in [-0.4, -0.2) is 76.2 Å². The summed E-state index contributed by atoms with van der Waals surface area (Å²) in [6.45, 7) is 5.60. The van der Waals surface area contributed by atoms with E-state index in [9.17, 15) is 19.2 Å². The third-order valence-electron chi connectivity index (χ3n) is 5.65. The van der Waals surface area contributed by atoms with E-state index in [0.29, 0.717) is 49.5 Å². The first-order chi connectivity index (χ1) is 14.9. The maximum atomic E-state index is 13.0. The summed E-state index contributed by atoms with van der Waals surface area (Å²) in [4.78, 5) is 55.1. The SMILES string of the molecule is CCCCN1C(=O)c2ccc(C(=O)N3CCN(C(=O)c4cc(C)no4)CC3)cc2C1=O. The Morgan fingerprint density at radius 1 is 0.968 bits per heavy atom. The minimum atomic E-state index is -0.346. The van der Waals surface area contributed by atoms with Gasteiger partial charge in [0.1, 0.15) is 0 Å².